The Hall–Kier alpha value is -2.16. The van der Waals surface area contributed by atoms with Crippen LogP contribution in [0.4, 0.5) is 0 Å². The first-order valence-electron chi connectivity index (χ1n) is 7.51. The van der Waals surface area contributed by atoms with Gasteiger partial charge in [0.05, 0.1) is 6.54 Å². The number of hydrogen-bond donors (Lipinski definition) is 2. The van der Waals surface area contributed by atoms with Crippen molar-refractivity contribution < 1.29 is 0 Å². The van der Waals surface area contributed by atoms with Crippen LogP contribution in [-0.4, -0.2) is 27.8 Å². The largest absolute Gasteiger partial charge is 0.352 e. The number of halogens is 1. The first kappa shape index (κ1) is 18.2. The van der Waals surface area contributed by atoms with Crippen LogP contribution in [0, 0.1) is 0 Å². The molecule has 1 aromatic heterocycles. The number of hydrogen-bond acceptors (Lipinski definition) is 3. The van der Waals surface area contributed by atoms with E-state index >= 15 is 0 Å². The zero-order valence-electron chi connectivity index (χ0n) is 13.7. The van der Waals surface area contributed by atoms with Crippen molar-refractivity contribution in [3.8, 4) is 0 Å². The van der Waals surface area contributed by atoms with Gasteiger partial charge in [-0.15, -0.1) is 24.0 Å². The molecule has 6 nitrogen and oxygen atoms in total. The van der Waals surface area contributed by atoms with Gasteiger partial charge >= 0.3 is 0 Å². The topological polar surface area (TPSA) is 67.1 Å². The molecule has 3 rings (SSSR count). The van der Waals surface area contributed by atoms with Gasteiger partial charge in [-0.2, -0.15) is 5.10 Å². The number of aromatic nitrogens is 3. The van der Waals surface area contributed by atoms with Crippen molar-refractivity contribution in [1.82, 2.24) is 25.4 Å². The number of benzene rings is 2. The summed E-state index contributed by atoms with van der Waals surface area (Å²) >= 11 is 0. The molecule has 2 N–H and O–H groups in total. The summed E-state index contributed by atoms with van der Waals surface area (Å²) in [5, 5.41) is 13.1. The molecule has 0 saturated carbocycles. The quantitative estimate of drug-likeness (QED) is 0.375. The highest BCUT2D eigenvalue weighted by molar-refractivity contribution is 14.0. The average molecular weight is 436 g/mol. The minimum absolute atomic E-state index is 0. The zero-order chi connectivity index (χ0) is 16.1. The van der Waals surface area contributed by atoms with Crippen molar-refractivity contribution in [2.45, 2.75) is 13.1 Å². The number of aliphatic imine (C=N–C) groups is 1. The maximum absolute atomic E-state index is 4.23. The molecule has 24 heavy (non-hydrogen) atoms. The number of nitrogens with zero attached hydrogens (tertiary/aromatic N) is 4. The highest BCUT2D eigenvalue weighted by Gasteiger charge is 2.03. The summed E-state index contributed by atoms with van der Waals surface area (Å²) in [4.78, 5) is 8.41. The number of aryl methyl sites for hydroxylation is 1. The third-order valence-electron chi connectivity index (χ3n) is 3.72. The van der Waals surface area contributed by atoms with Gasteiger partial charge in [-0.25, -0.2) is 4.98 Å². The summed E-state index contributed by atoms with van der Waals surface area (Å²) in [5.41, 5.74) is 1.21. The Balaban J connectivity index is 0.00000208. The highest BCUT2D eigenvalue weighted by Crippen LogP contribution is 2.15. The lowest BCUT2D eigenvalue weighted by molar-refractivity contribution is 0.673. The lowest BCUT2D eigenvalue weighted by atomic mass is 10.1. The molecular formula is C17H21IN6. The number of rotatable bonds is 4. The van der Waals surface area contributed by atoms with Crippen molar-refractivity contribution in [3.63, 3.8) is 0 Å². The molecule has 0 fully saturated rings. The van der Waals surface area contributed by atoms with Crippen LogP contribution >= 0.6 is 24.0 Å². The summed E-state index contributed by atoms with van der Waals surface area (Å²) in [6.07, 6.45) is 1.54. The van der Waals surface area contributed by atoms with Crippen molar-refractivity contribution in [1.29, 1.82) is 0 Å². The Morgan fingerprint density at radius 3 is 2.54 bits per heavy atom. The molecule has 2 aromatic carbocycles. The zero-order valence-corrected chi connectivity index (χ0v) is 16.1. The second kappa shape index (κ2) is 8.62. The van der Waals surface area contributed by atoms with E-state index in [9.17, 15) is 0 Å². The van der Waals surface area contributed by atoms with Gasteiger partial charge in [-0.3, -0.25) is 9.67 Å². The third kappa shape index (κ3) is 4.44. The summed E-state index contributed by atoms with van der Waals surface area (Å²) in [6, 6.07) is 14.8. The predicted octanol–water partition coefficient (Wildman–Crippen LogP) is 2.45. The van der Waals surface area contributed by atoms with Crippen LogP contribution in [0.1, 0.15) is 11.4 Å². The summed E-state index contributed by atoms with van der Waals surface area (Å²) in [5.74, 6) is 1.60. The van der Waals surface area contributed by atoms with Crippen molar-refractivity contribution in [2.24, 2.45) is 12.0 Å². The van der Waals surface area contributed by atoms with E-state index in [-0.39, 0.29) is 24.0 Å². The van der Waals surface area contributed by atoms with Crippen LogP contribution in [0.3, 0.4) is 0 Å². The fourth-order valence-electron chi connectivity index (χ4n) is 2.40. The molecule has 0 saturated heterocycles. The summed E-state index contributed by atoms with van der Waals surface area (Å²) < 4.78 is 1.74. The van der Waals surface area contributed by atoms with Crippen LogP contribution in [-0.2, 0) is 20.1 Å². The lowest BCUT2D eigenvalue weighted by Gasteiger charge is -2.12. The van der Waals surface area contributed by atoms with E-state index in [2.05, 4.69) is 68.2 Å². The van der Waals surface area contributed by atoms with E-state index in [4.69, 9.17) is 0 Å². The van der Waals surface area contributed by atoms with E-state index in [1.807, 2.05) is 7.05 Å². The van der Waals surface area contributed by atoms with Gasteiger partial charge in [0.15, 0.2) is 5.96 Å². The minimum Gasteiger partial charge on any atom is -0.352 e. The standard InChI is InChI=1S/C17H20N6.HI/c1-18-17(20-11-16-21-12-22-23(16)2)19-10-13-7-8-14-5-3-4-6-15(14)9-13;/h3-9,12H,10-11H2,1-2H3,(H2,18,19,20);1H. The molecule has 0 amide bonds. The minimum atomic E-state index is 0. The molecule has 0 aliphatic carbocycles. The molecule has 126 valence electrons. The first-order valence-corrected chi connectivity index (χ1v) is 7.51. The van der Waals surface area contributed by atoms with Gasteiger partial charge in [-0.05, 0) is 22.4 Å². The summed E-state index contributed by atoms with van der Waals surface area (Å²) in [6.45, 7) is 1.29. The smallest absolute Gasteiger partial charge is 0.191 e. The van der Waals surface area contributed by atoms with E-state index in [0.29, 0.717) is 13.1 Å². The van der Waals surface area contributed by atoms with E-state index in [1.165, 1.54) is 16.3 Å². The average Bonchev–Trinajstić information content (AvgIpc) is 3.00. The van der Waals surface area contributed by atoms with Crippen molar-refractivity contribution >= 4 is 40.7 Å². The first-order chi connectivity index (χ1) is 11.3. The lowest BCUT2D eigenvalue weighted by Crippen LogP contribution is -2.36. The number of fused-ring (bicyclic) bond motifs is 1. The predicted molar refractivity (Wildman–Crippen MR) is 107 cm³/mol. The second-order valence-electron chi connectivity index (χ2n) is 5.26. The van der Waals surface area contributed by atoms with Gasteiger partial charge < -0.3 is 10.6 Å². The fourth-order valence-corrected chi connectivity index (χ4v) is 2.40. The van der Waals surface area contributed by atoms with Crippen LogP contribution in [0.5, 0.6) is 0 Å². The van der Waals surface area contributed by atoms with Gasteiger partial charge in [0.2, 0.25) is 0 Å². The van der Waals surface area contributed by atoms with E-state index < -0.39 is 0 Å². The van der Waals surface area contributed by atoms with Crippen LogP contribution in [0.15, 0.2) is 53.8 Å². The fraction of sp³-hybridized carbons (Fsp3) is 0.235. The van der Waals surface area contributed by atoms with E-state index in [0.717, 1.165) is 11.8 Å². The molecule has 0 spiro atoms. The number of nitrogens with one attached hydrogen (secondary N) is 2. The van der Waals surface area contributed by atoms with Crippen molar-refractivity contribution in [2.75, 3.05) is 7.05 Å². The van der Waals surface area contributed by atoms with E-state index in [1.54, 1.807) is 18.1 Å². The molecule has 0 aliphatic heterocycles. The van der Waals surface area contributed by atoms with Gasteiger partial charge in [0.1, 0.15) is 12.2 Å². The summed E-state index contributed by atoms with van der Waals surface area (Å²) in [7, 11) is 3.63. The highest BCUT2D eigenvalue weighted by atomic mass is 127. The Morgan fingerprint density at radius 2 is 1.83 bits per heavy atom. The SMILES string of the molecule is CN=C(NCc1ccc2ccccc2c1)NCc1ncnn1C.I. The molecular weight excluding hydrogens is 415 g/mol. The molecule has 0 atom stereocenters. The Labute approximate surface area is 158 Å². The van der Waals surface area contributed by atoms with Crippen LogP contribution in [0.2, 0.25) is 0 Å². The van der Waals surface area contributed by atoms with Crippen LogP contribution < -0.4 is 10.6 Å². The maximum atomic E-state index is 4.23. The molecule has 0 unspecified atom stereocenters. The molecule has 0 bridgehead atoms. The molecule has 0 aliphatic rings. The number of guanidine groups is 1. The molecule has 0 radical (unpaired) electrons. The third-order valence-corrected chi connectivity index (χ3v) is 3.72. The Kier molecular flexibility index (Phi) is 6.53. The van der Waals surface area contributed by atoms with Gasteiger partial charge in [0, 0.05) is 20.6 Å². The Bertz CT molecular complexity index is 827. The second-order valence-corrected chi connectivity index (χ2v) is 5.26. The normalized spacial score (nSPS) is 11.2. The molecule has 3 aromatic rings. The monoisotopic (exact) mass is 436 g/mol. The Morgan fingerprint density at radius 1 is 1.08 bits per heavy atom. The van der Waals surface area contributed by atoms with Gasteiger partial charge in [-0.1, -0.05) is 36.4 Å². The van der Waals surface area contributed by atoms with Crippen LogP contribution in [0.25, 0.3) is 10.8 Å². The molecule has 7 heteroatoms. The van der Waals surface area contributed by atoms with Crippen molar-refractivity contribution in [3.05, 3.63) is 60.2 Å². The maximum Gasteiger partial charge on any atom is 0.191 e. The van der Waals surface area contributed by atoms with Gasteiger partial charge in [0.25, 0.3) is 0 Å². The molecule has 1 heterocycles.